The van der Waals surface area contributed by atoms with Gasteiger partial charge in [-0.3, -0.25) is 9.69 Å². The number of carbonyl (C=O) groups is 1. The summed E-state index contributed by atoms with van der Waals surface area (Å²) in [4.78, 5) is 14.6. The molecule has 112 valence electrons. The second-order valence-electron chi connectivity index (χ2n) is 4.98. The maximum atomic E-state index is 12.4. The van der Waals surface area contributed by atoms with Gasteiger partial charge in [-0.15, -0.1) is 0 Å². The fraction of sp³-hybridized carbons (Fsp3) is 0.917. The summed E-state index contributed by atoms with van der Waals surface area (Å²) in [5.41, 5.74) is 0. The molecule has 0 spiro atoms. The molecule has 1 rings (SSSR count). The molecule has 1 aliphatic rings. The van der Waals surface area contributed by atoms with Crippen LogP contribution in [0.4, 0.5) is 13.2 Å². The molecule has 0 aromatic carbocycles. The average Bonchev–Trinajstić information content (AvgIpc) is 2.27. The van der Waals surface area contributed by atoms with Crippen molar-refractivity contribution >= 4 is 5.91 Å². The van der Waals surface area contributed by atoms with Gasteiger partial charge in [-0.25, -0.2) is 0 Å². The smallest absolute Gasteiger partial charge is 0.395 e. The van der Waals surface area contributed by atoms with E-state index in [0.29, 0.717) is 6.54 Å². The van der Waals surface area contributed by atoms with Crippen molar-refractivity contribution < 1.29 is 23.1 Å². The molecule has 0 aliphatic carbocycles. The first-order valence-electron chi connectivity index (χ1n) is 6.53. The van der Waals surface area contributed by atoms with E-state index < -0.39 is 12.7 Å². The number of hydrogen-bond donors (Lipinski definition) is 1. The zero-order valence-corrected chi connectivity index (χ0v) is 11.1. The molecule has 19 heavy (non-hydrogen) atoms. The van der Waals surface area contributed by atoms with E-state index in [-0.39, 0.29) is 31.6 Å². The lowest BCUT2D eigenvalue weighted by Crippen LogP contribution is -2.49. The molecule has 1 heterocycles. The summed E-state index contributed by atoms with van der Waals surface area (Å²) in [6.45, 7) is 0.536. The van der Waals surface area contributed by atoms with Gasteiger partial charge in [0.25, 0.3) is 0 Å². The molecule has 1 unspecified atom stereocenters. The van der Waals surface area contributed by atoms with Crippen molar-refractivity contribution in [2.75, 3.05) is 32.8 Å². The fourth-order valence-electron chi connectivity index (χ4n) is 2.36. The minimum atomic E-state index is -4.36. The molecule has 7 heteroatoms. The number of aliphatic hydroxyl groups is 1. The molecule has 1 aliphatic heterocycles. The second kappa shape index (κ2) is 7.09. The number of piperidine rings is 1. The third-order valence-corrected chi connectivity index (χ3v) is 3.30. The normalized spacial score (nSPS) is 20.9. The molecule has 4 nitrogen and oxygen atoms in total. The molecule has 1 fully saturated rings. The van der Waals surface area contributed by atoms with Gasteiger partial charge in [0.05, 0.1) is 19.7 Å². The van der Waals surface area contributed by atoms with Crippen molar-refractivity contribution in [3.63, 3.8) is 0 Å². The lowest BCUT2D eigenvalue weighted by molar-refractivity contribution is -0.153. The molecular formula is C12H21F3N2O2. The molecule has 1 N–H and O–H groups in total. The van der Waals surface area contributed by atoms with Gasteiger partial charge < -0.3 is 10.0 Å². The molecule has 0 aromatic heterocycles. The number of carbonyl (C=O) groups excluding carboxylic acids is 1. The first kappa shape index (κ1) is 16.2. The number of amides is 1. The van der Waals surface area contributed by atoms with Gasteiger partial charge in [-0.1, -0.05) is 0 Å². The Morgan fingerprint density at radius 2 is 2.11 bits per heavy atom. The molecule has 0 aromatic rings. The van der Waals surface area contributed by atoms with E-state index in [0.717, 1.165) is 24.2 Å². The topological polar surface area (TPSA) is 43.8 Å². The van der Waals surface area contributed by atoms with Gasteiger partial charge in [0.15, 0.2) is 0 Å². The van der Waals surface area contributed by atoms with Crippen molar-refractivity contribution in [2.24, 2.45) is 0 Å². The maximum Gasteiger partial charge on any atom is 0.401 e. The van der Waals surface area contributed by atoms with Gasteiger partial charge in [0, 0.05) is 19.1 Å². The van der Waals surface area contributed by atoms with Gasteiger partial charge >= 0.3 is 6.18 Å². The minimum absolute atomic E-state index is 0.0862. The Morgan fingerprint density at radius 1 is 1.42 bits per heavy atom. The summed E-state index contributed by atoms with van der Waals surface area (Å²) in [5.74, 6) is -0.287. The van der Waals surface area contributed by atoms with Crippen LogP contribution in [-0.4, -0.2) is 65.8 Å². The van der Waals surface area contributed by atoms with Crippen LogP contribution in [0.2, 0.25) is 0 Å². The lowest BCUT2D eigenvalue weighted by atomic mass is 10.0. The van der Waals surface area contributed by atoms with E-state index in [1.54, 1.807) is 4.90 Å². The summed E-state index contributed by atoms with van der Waals surface area (Å²) in [7, 11) is 0. The second-order valence-corrected chi connectivity index (χ2v) is 4.98. The summed E-state index contributed by atoms with van der Waals surface area (Å²) in [6.07, 6.45) is -1.52. The van der Waals surface area contributed by atoms with Crippen molar-refractivity contribution in [2.45, 2.75) is 38.4 Å². The number of halogens is 3. The molecule has 1 amide bonds. The lowest BCUT2D eigenvalue weighted by Gasteiger charge is -2.35. The molecule has 0 saturated carbocycles. The highest BCUT2D eigenvalue weighted by Crippen LogP contribution is 2.19. The highest BCUT2D eigenvalue weighted by Gasteiger charge is 2.32. The van der Waals surface area contributed by atoms with Gasteiger partial charge in [0.2, 0.25) is 5.91 Å². The van der Waals surface area contributed by atoms with Crippen LogP contribution in [0.1, 0.15) is 26.2 Å². The first-order valence-corrected chi connectivity index (χ1v) is 6.53. The van der Waals surface area contributed by atoms with Crippen LogP contribution in [0.3, 0.4) is 0 Å². The number of aliphatic hydroxyl groups excluding tert-OH is 1. The maximum absolute atomic E-state index is 12.4. The van der Waals surface area contributed by atoms with Crippen LogP contribution in [0.15, 0.2) is 0 Å². The number of likely N-dealkylation sites (tertiary alicyclic amines) is 1. The van der Waals surface area contributed by atoms with Crippen LogP contribution >= 0.6 is 0 Å². The van der Waals surface area contributed by atoms with Crippen molar-refractivity contribution in [3.05, 3.63) is 0 Å². The Labute approximate surface area is 111 Å². The van der Waals surface area contributed by atoms with Crippen LogP contribution in [-0.2, 0) is 4.79 Å². The highest BCUT2D eigenvalue weighted by atomic mass is 19.4. The zero-order chi connectivity index (χ0) is 14.5. The Hall–Kier alpha value is -0.820. The largest absolute Gasteiger partial charge is 0.401 e. The van der Waals surface area contributed by atoms with Crippen LogP contribution in [0.25, 0.3) is 0 Å². The predicted molar refractivity (Wildman–Crippen MR) is 64.6 cm³/mol. The Morgan fingerprint density at radius 3 is 2.63 bits per heavy atom. The van der Waals surface area contributed by atoms with E-state index in [2.05, 4.69) is 0 Å². The monoisotopic (exact) mass is 282 g/mol. The van der Waals surface area contributed by atoms with Crippen molar-refractivity contribution in [1.29, 1.82) is 0 Å². The highest BCUT2D eigenvalue weighted by molar-refractivity contribution is 5.78. The summed E-state index contributed by atoms with van der Waals surface area (Å²) < 4.78 is 37.1. The van der Waals surface area contributed by atoms with Crippen molar-refractivity contribution in [1.82, 2.24) is 9.80 Å². The van der Waals surface area contributed by atoms with E-state index in [1.165, 1.54) is 0 Å². The summed E-state index contributed by atoms with van der Waals surface area (Å²) >= 11 is 0. The van der Waals surface area contributed by atoms with E-state index in [1.807, 2.05) is 6.92 Å². The Bertz CT molecular complexity index is 297. The quantitative estimate of drug-likeness (QED) is 0.825. The number of nitrogens with zero attached hydrogens (tertiary/aromatic N) is 2. The molecule has 0 radical (unpaired) electrons. The molecular weight excluding hydrogens is 261 g/mol. The van der Waals surface area contributed by atoms with E-state index in [9.17, 15) is 18.0 Å². The number of hydrogen-bond acceptors (Lipinski definition) is 3. The average molecular weight is 282 g/mol. The fourth-order valence-corrected chi connectivity index (χ4v) is 2.36. The SMILES string of the molecule is CC1CCCCN1C(=O)CN(CCO)CC(F)(F)F. The third kappa shape index (κ3) is 5.78. The van der Waals surface area contributed by atoms with Gasteiger partial charge in [-0.2, -0.15) is 13.2 Å². The number of alkyl halides is 3. The molecule has 1 saturated heterocycles. The zero-order valence-electron chi connectivity index (χ0n) is 11.1. The standard InChI is InChI=1S/C12H21F3N2O2/c1-10-4-2-3-5-17(10)11(19)8-16(6-7-18)9-12(13,14)15/h10,18H,2-9H2,1H3. The summed E-state index contributed by atoms with van der Waals surface area (Å²) in [5, 5.41) is 8.77. The van der Waals surface area contributed by atoms with Crippen LogP contribution in [0, 0.1) is 0 Å². The van der Waals surface area contributed by atoms with E-state index >= 15 is 0 Å². The number of rotatable bonds is 5. The van der Waals surface area contributed by atoms with E-state index in [4.69, 9.17) is 5.11 Å². The molecule has 1 atom stereocenters. The van der Waals surface area contributed by atoms with Gasteiger partial charge in [-0.05, 0) is 26.2 Å². The molecule has 0 bridgehead atoms. The Kier molecular flexibility index (Phi) is 6.06. The Balaban J connectivity index is 2.54. The van der Waals surface area contributed by atoms with Crippen LogP contribution < -0.4 is 0 Å². The summed E-state index contributed by atoms with van der Waals surface area (Å²) in [6, 6.07) is 0.0862. The van der Waals surface area contributed by atoms with Gasteiger partial charge in [0.1, 0.15) is 0 Å². The minimum Gasteiger partial charge on any atom is -0.395 e. The third-order valence-electron chi connectivity index (χ3n) is 3.30. The first-order chi connectivity index (χ1) is 8.83. The van der Waals surface area contributed by atoms with Crippen molar-refractivity contribution in [3.8, 4) is 0 Å². The van der Waals surface area contributed by atoms with Crippen LogP contribution in [0.5, 0.6) is 0 Å². The predicted octanol–water partition coefficient (Wildman–Crippen LogP) is 1.24.